The zero-order chi connectivity index (χ0) is 16.8. The number of rotatable bonds is 3. The summed E-state index contributed by atoms with van der Waals surface area (Å²) in [5.74, 6) is 0. The van der Waals surface area contributed by atoms with Crippen molar-refractivity contribution in [3.05, 3.63) is 60.2 Å². The predicted molar refractivity (Wildman–Crippen MR) is 112 cm³/mol. The molecule has 5 rings (SSSR count). The highest BCUT2D eigenvalue weighted by molar-refractivity contribution is 6.23. The fourth-order valence-electron chi connectivity index (χ4n) is 4.45. The van der Waals surface area contributed by atoms with Gasteiger partial charge < -0.3 is 10.4 Å². The van der Waals surface area contributed by atoms with Gasteiger partial charge in [0.1, 0.15) is 0 Å². The molecular formula is C22H23ClN2O. The van der Waals surface area contributed by atoms with E-state index < -0.39 is 0 Å². The monoisotopic (exact) mass is 366 g/mol. The molecule has 1 saturated heterocycles. The summed E-state index contributed by atoms with van der Waals surface area (Å²) in [5.41, 5.74) is 1.25. The van der Waals surface area contributed by atoms with E-state index in [-0.39, 0.29) is 25.1 Å². The van der Waals surface area contributed by atoms with Crippen LogP contribution >= 0.6 is 12.4 Å². The summed E-state index contributed by atoms with van der Waals surface area (Å²) in [6.07, 6.45) is 0. The fraction of sp³-hybridized carbons (Fsp3) is 0.273. The van der Waals surface area contributed by atoms with Crippen LogP contribution in [0.2, 0.25) is 0 Å². The number of halogens is 1. The number of aliphatic hydroxyl groups excluding tert-OH is 1. The van der Waals surface area contributed by atoms with Crippen LogP contribution in [0.4, 0.5) is 0 Å². The third kappa shape index (κ3) is 2.63. The minimum absolute atomic E-state index is 0. The zero-order valence-electron chi connectivity index (χ0n) is 14.6. The highest BCUT2D eigenvalue weighted by Crippen LogP contribution is 2.38. The number of piperazine rings is 1. The second kappa shape index (κ2) is 7.01. The molecule has 1 aliphatic heterocycles. The van der Waals surface area contributed by atoms with Crippen LogP contribution in [-0.2, 0) is 0 Å². The lowest BCUT2D eigenvalue weighted by atomic mass is 9.89. The average Bonchev–Trinajstić information content (AvgIpc) is 2.68. The summed E-state index contributed by atoms with van der Waals surface area (Å²) in [4.78, 5) is 2.41. The molecule has 1 heterocycles. The molecule has 0 saturated carbocycles. The van der Waals surface area contributed by atoms with Gasteiger partial charge in [-0.1, -0.05) is 54.6 Å². The van der Waals surface area contributed by atoms with Crippen LogP contribution in [0, 0.1) is 0 Å². The third-order valence-corrected chi connectivity index (χ3v) is 5.69. The van der Waals surface area contributed by atoms with Crippen molar-refractivity contribution < 1.29 is 5.11 Å². The highest BCUT2D eigenvalue weighted by atomic mass is 35.5. The van der Waals surface area contributed by atoms with E-state index in [9.17, 15) is 5.11 Å². The van der Waals surface area contributed by atoms with E-state index in [0.717, 1.165) is 26.2 Å². The Labute approximate surface area is 159 Å². The minimum atomic E-state index is 0. The molecule has 26 heavy (non-hydrogen) atoms. The molecule has 1 aliphatic rings. The Morgan fingerprint density at radius 3 is 2.15 bits per heavy atom. The largest absolute Gasteiger partial charge is 0.394 e. The smallest absolute Gasteiger partial charge is 0.0628 e. The van der Waals surface area contributed by atoms with Gasteiger partial charge in [-0.25, -0.2) is 0 Å². The molecule has 0 amide bonds. The van der Waals surface area contributed by atoms with Crippen molar-refractivity contribution in [2.45, 2.75) is 6.04 Å². The van der Waals surface area contributed by atoms with Gasteiger partial charge in [-0.05, 0) is 37.9 Å². The Morgan fingerprint density at radius 1 is 0.846 bits per heavy atom. The normalized spacial score (nSPS) is 17.0. The molecule has 4 aromatic rings. The van der Waals surface area contributed by atoms with Gasteiger partial charge in [-0.3, -0.25) is 4.90 Å². The third-order valence-electron chi connectivity index (χ3n) is 5.69. The van der Waals surface area contributed by atoms with Crippen molar-refractivity contribution in [3.63, 3.8) is 0 Å². The van der Waals surface area contributed by atoms with Crippen LogP contribution in [0.5, 0.6) is 0 Å². The summed E-state index contributed by atoms with van der Waals surface area (Å²) in [6, 6.07) is 19.9. The van der Waals surface area contributed by atoms with Crippen LogP contribution in [0.25, 0.3) is 32.3 Å². The van der Waals surface area contributed by atoms with E-state index in [4.69, 9.17) is 0 Å². The Hall–Kier alpha value is -1.91. The van der Waals surface area contributed by atoms with Crippen molar-refractivity contribution in [1.82, 2.24) is 10.2 Å². The summed E-state index contributed by atoms with van der Waals surface area (Å²) in [5, 5.41) is 21.4. The van der Waals surface area contributed by atoms with Gasteiger partial charge in [0.15, 0.2) is 0 Å². The first-order chi connectivity index (χ1) is 12.4. The molecule has 3 nitrogen and oxygen atoms in total. The van der Waals surface area contributed by atoms with Crippen LogP contribution in [0.3, 0.4) is 0 Å². The number of benzene rings is 4. The van der Waals surface area contributed by atoms with Crippen molar-refractivity contribution in [1.29, 1.82) is 0 Å². The second-order valence-electron chi connectivity index (χ2n) is 7.00. The molecule has 0 radical (unpaired) electrons. The standard InChI is InChI=1S/C22H22N2O.ClH/c25-14-20(24-12-10-23-11-13-24)18-8-6-17-5-4-15-2-1-3-16-7-9-19(18)22(17)21(15)16;/h1-9,20,23,25H,10-14H2;1H/t20-;/m1./s1. The maximum Gasteiger partial charge on any atom is 0.0628 e. The number of hydrogen-bond acceptors (Lipinski definition) is 3. The number of nitrogens with one attached hydrogen (secondary N) is 1. The lowest BCUT2D eigenvalue weighted by molar-refractivity contribution is 0.111. The summed E-state index contributed by atoms with van der Waals surface area (Å²) < 4.78 is 0. The number of nitrogens with zero attached hydrogens (tertiary/aromatic N) is 1. The van der Waals surface area contributed by atoms with E-state index >= 15 is 0 Å². The Morgan fingerprint density at radius 2 is 1.46 bits per heavy atom. The van der Waals surface area contributed by atoms with Crippen LogP contribution in [0.15, 0.2) is 54.6 Å². The van der Waals surface area contributed by atoms with E-state index in [1.165, 1.54) is 37.9 Å². The molecule has 0 unspecified atom stereocenters. The zero-order valence-corrected chi connectivity index (χ0v) is 15.4. The molecule has 1 atom stereocenters. The molecule has 0 aliphatic carbocycles. The molecule has 4 aromatic carbocycles. The molecule has 134 valence electrons. The SMILES string of the molecule is Cl.OC[C@H](c1ccc2ccc3cccc4ccc1c2c34)N1CCNCC1. The van der Waals surface area contributed by atoms with Gasteiger partial charge in [0.2, 0.25) is 0 Å². The van der Waals surface area contributed by atoms with Gasteiger partial charge in [-0.2, -0.15) is 0 Å². The van der Waals surface area contributed by atoms with E-state index in [1.54, 1.807) is 0 Å². The Kier molecular flexibility index (Phi) is 4.72. The number of aliphatic hydroxyl groups is 1. The first-order valence-electron chi connectivity index (χ1n) is 9.09. The Bertz CT molecular complexity index is 1030. The van der Waals surface area contributed by atoms with Crippen LogP contribution in [-0.4, -0.2) is 42.8 Å². The molecule has 4 heteroatoms. The maximum atomic E-state index is 10.2. The van der Waals surface area contributed by atoms with Gasteiger partial charge in [0, 0.05) is 26.2 Å². The molecule has 0 bridgehead atoms. The quantitative estimate of drug-likeness (QED) is 0.539. The first-order valence-corrected chi connectivity index (χ1v) is 9.09. The van der Waals surface area contributed by atoms with Gasteiger partial charge in [0.05, 0.1) is 12.6 Å². The van der Waals surface area contributed by atoms with Crippen LogP contribution < -0.4 is 5.32 Å². The van der Waals surface area contributed by atoms with E-state index in [0.29, 0.717) is 0 Å². The maximum absolute atomic E-state index is 10.2. The topological polar surface area (TPSA) is 35.5 Å². The van der Waals surface area contributed by atoms with Gasteiger partial charge >= 0.3 is 0 Å². The van der Waals surface area contributed by atoms with Gasteiger partial charge in [-0.15, -0.1) is 12.4 Å². The van der Waals surface area contributed by atoms with Crippen molar-refractivity contribution in [2.24, 2.45) is 0 Å². The van der Waals surface area contributed by atoms with E-state index in [1.807, 2.05) is 0 Å². The predicted octanol–water partition coefficient (Wildman–Crippen LogP) is 3.94. The molecular weight excluding hydrogens is 344 g/mol. The summed E-state index contributed by atoms with van der Waals surface area (Å²) >= 11 is 0. The first kappa shape index (κ1) is 17.5. The molecule has 0 aromatic heterocycles. The second-order valence-corrected chi connectivity index (χ2v) is 7.00. The van der Waals surface area contributed by atoms with Gasteiger partial charge in [0.25, 0.3) is 0 Å². The lowest BCUT2D eigenvalue weighted by Gasteiger charge is -2.35. The summed E-state index contributed by atoms with van der Waals surface area (Å²) in [6.45, 7) is 4.09. The van der Waals surface area contributed by atoms with Crippen molar-refractivity contribution in [2.75, 3.05) is 32.8 Å². The average molecular weight is 367 g/mol. The minimum Gasteiger partial charge on any atom is -0.394 e. The molecule has 2 N–H and O–H groups in total. The van der Waals surface area contributed by atoms with E-state index in [2.05, 4.69) is 64.8 Å². The molecule has 1 fully saturated rings. The highest BCUT2D eigenvalue weighted by Gasteiger charge is 2.24. The lowest BCUT2D eigenvalue weighted by Crippen LogP contribution is -2.46. The van der Waals surface area contributed by atoms with Crippen molar-refractivity contribution >= 4 is 44.7 Å². The van der Waals surface area contributed by atoms with Crippen LogP contribution in [0.1, 0.15) is 11.6 Å². The number of hydrogen-bond donors (Lipinski definition) is 2. The molecule has 0 spiro atoms. The summed E-state index contributed by atoms with van der Waals surface area (Å²) in [7, 11) is 0. The van der Waals surface area contributed by atoms with Crippen molar-refractivity contribution in [3.8, 4) is 0 Å². The Balaban J connectivity index is 0.00000168. The fourth-order valence-corrected chi connectivity index (χ4v) is 4.45.